The second kappa shape index (κ2) is 7.27. The van der Waals surface area contributed by atoms with Gasteiger partial charge in [-0.1, -0.05) is 18.2 Å². The molecule has 0 aliphatic heterocycles. The third kappa shape index (κ3) is 3.77. The van der Waals surface area contributed by atoms with Gasteiger partial charge in [0.05, 0.1) is 12.5 Å². The lowest BCUT2D eigenvalue weighted by Gasteiger charge is -2.21. The van der Waals surface area contributed by atoms with Crippen LogP contribution in [0.4, 0.5) is 5.69 Å². The second-order valence-corrected chi connectivity index (χ2v) is 4.87. The summed E-state index contributed by atoms with van der Waals surface area (Å²) in [6, 6.07) is 13.9. The molecule has 0 radical (unpaired) electrons. The van der Waals surface area contributed by atoms with Crippen LogP contribution >= 0.6 is 0 Å². The Bertz CT molecular complexity index is 731. The minimum Gasteiger partial charge on any atom is -0.475 e. The zero-order chi connectivity index (χ0) is 16.8. The molecule has 1 heterocycles. The van der Waals surface area contributed by atoms with Crippen LogP contribution < -0.4 is 4.90 Å². The van der Waals surface area contributed by atoms with Crippen molar-refractivity contribution in [1.29, 1.82) is 5.26 Å². The van der Waals surface area contributed by atoms with Crippen LogP contribution in [-0.4, -0.2) is 23.5 Å². The zero-order valence-corrected chi connectivity index (χ0v) is 12.6. The number of carboxylic acids is 1. The topological polar surface area (TPSA) is 94.5 Å². The molecule has 118 valence electrons. The van der Waals surface area contributed by atoms with Gasteiger partial charge in [0.1, 0.15) is 11.7 Å². The molecule has 1 amide bonds. The maximum atomic E-state index is 12.5. The van der Waals surface area contributed by atoms with Gasteiger partial charge in [-0.05, 0) is 31.2 Å². The number of carbonyl (C=O) groups is 2. The predicted octanol–water partition coefficient (Wildman–Crippen LogP) is 3.03. The first-order chi connectivity index (χ1) is 11.1. The molecule has 6 heteroatoms. The highest BCUT2D eigenvalue weighted by Crippen LogP contribution is 2.24. The van der Waals surface area contributed by atoms with Crippen molar-refractivity contribution in [3.8, 4) is 6.07 Å². The van der Waals surface area contributed by atoms with Crippen molar-refractivity contribution in [2.75, 3.05) is 11.4 Å². The van der Waals surface area contributed by atoms with Crippen molar-refractivity contribution in [3.63, 3.8) is 0 Å². The van der Waals surface area contributed by atoms with Crippen LogP contribution in [0, 0.1) is 11.3 Å². The van der Waals surface area contributed by atoms with Crippen molar-refractivity contribution < 1.29 is 19.1 Å². The number of aromatic carboxylic acids is 1. The minimum absolute atomic E-state index is 0.0776. The number of anilines is 1. The van der Waals surface area contributed by atoms with Crippen molar-refractivity contribution >= 4 is 17.6 Å². The van der Waals surface area contributed by atoms with Gasteiger partial charge in [0.25, 0.3) is 0 Å². The van der Waals surface area contributed by atoms with Gasteiger partial charge in [-0.15, -0.1) is 0 Å². The Morgan fingerprint density at radius 1 is 1.26 bits per heavy atom. The van der Waals surface area contributed by atoms with E-state index in [-0.39, 0.29) is 23.8 Å². The fraction of sp³-hybridized carbons (Fsp3) is 0.235. The SMILES string of the molecule is CCN(C(=O)CC(C#N)c1ccc(C(=O)O)o1)c1ccccc1. The fourth-order valence-electron chi connectivity index (χ4n) is 2.26. The highest BCUT2D eigenvalue weighted by atomic mass is 16.4. The molecule has 1 unspecified atom stereocenters. The van der Waals surface area contributed by atoms with E-state index in [2.05, 4.69) is 0 Å². The van der Waals surface area contributed by atoms with Crippen molar-refractivity contribution in [2.24, 2.45) is 0 Å². The molecule has 1 atom stereocenters. The highest BCUT2D eigenvalue weighted by Gasteiger charge is 2.24. The first-order valence-corrected chi connectivity index (χ1v) is 7.14. The minimum atomic E-state index is -1.21. The molecule has 2 aromatic rings. The summed E-state index contributed by atoms with van der Waals surface area (Å²) in [5.74, 6) is -2.32. The van der Waals surface area contributed by atoms with Crippen LogP contribution in [0.25, 0.3) is 0 Å². The maximum Gasteiger partial charge on any atom is 0.371 e. The van der Waals surface area contributed by atoms with Crippen LogP contribution in [0.1, 0.15) is 35.6 Å². The van der Waals surface area contributed by atoms with Crippen LogP contribution in [-0.2, 0) is 4.79 Å². The van der Waals surface area contributed by atoms with E-state index in [1.165, 1.54) is 12.1 Å². The number of carbonyl (C=O) groups excluding carboxylic acids is 1. The number of nitriles is 1. The number of nitrogens with zero attached hydrogens (tertiary/aromatic N) is 2. The standard InChI is InChI=1S/C17H16N2O4/c1-2-19(13-6-4-3-5-7-13)16(20)10-12(11-18)14-8-9-15(23-14)17(21)22/h3-9,12H,2,10H2,1H3,(H,21,22). The molecule has 0 fully saturated rings. The molecule has 0 saturated heterocycles. The van der Waals surface area contributed by atoms with Gasteiger partial charge in [0.15, 0.2) is 0 Å². The Labute approximate surface area is 133 Å². The fourth-order valence-corrected chi connectivity index (χ4v) is 2.26. The maximum absolute atomic E-state index is 12.5. The molecule has 2 rings (SSSR count). The summed E-state index contributed by atoms with van der Waals surface area (Å²) in [5, 5.41) is 18.1. The third-order valence-corrected chi connectivity index (χ3v) is 3.40. The van der Waals surface area contributed by atoms with E-state index >= 15 is 0 Å². The molecule has 0 bridgehead atoms. The van der Waals surface area contributed by atoms with E-state index in [0.717, 1.165) is 5.69 Å². The van der Waals surface area contributed by atoms with E-state index in [1.54, 1.807) is 4.90 Å². The van der Waals surface area contributed by atoms with Crippen LogP contribution in [0.2, 0.25) is 0 Å². The lowest BCUT2D eigenvalue weighted by molar-refractivity contribution is -0.118. The molecule has 6 nitrogen and oxygen atoms in total. The largest absolute Gasteiger partial charge is 0.475 e. The summed E-state index contributed by atoms with van der Waals surface area (Å²) in [6.45, 7) is 2.32. The Hall–Kier alpha value is -3.07. The van der Waals surface area contributed by atoms with Crippen LogP contribution in [0.3, 0.4) is 0 Å². The van der Waals surface area contributed by atoms with Gasteiger partial charge >= 0.3 is 5.97 Å². The van der Waals surface area contributed by atoms with Crippen molar-refractivity contribution in [2.45, 2.75) is 19.3 Å². The lowest BCUT2D eigenvalue weighted by atomic mass is 10.0. The van der Waals surface area contributed by atoms with Crippen molar-refractivity contribution in [3.05, 3.63) is 54.0 Å². The molecule has 23 heavy (non-hydrogen) atoms. The number of furan rings is 1. The van der Waals surface area contributed by atoms with E-state index < -0.39 is 11.9 Å². The van der Waals surface area contributed by atoms with E-state index in [9.17, 15) is 14.9 Å². The smallest absolute Gasteiger partial charge is 0.371 e. The molecule has 0 saturated carbocycles. The summed E-state index contributed by atoms with van der Waals surface area (Å²) in [4.78, 5) is 24.9. The van der Waals surface area contributed by atoms with Gasteiger partial charge in [-0.2, -0.15) is 5.26 Å². The summed E-state index contributed by atoms with van der Waals surface area (Å²) < 4.78 is 5.13. The molecule has 1 N–H and O–H groups in total. The number of para-hydroxylation sites is 1. The van der Waals surface area contributed by atoms with Gasteiger partial charge < -0.3 is 14.4 Å². The van der Waals surface area contributed by atoms with Crippen LogP contribution in [0.5, 0.6) is 0 Å². The predicted molar refractivity (Wildman–Crippen MR) is 83.1 cm³/mol. The average molecular weight is 312 g/mol. The number of amides is 1. The third-order valence-electron chi connectivity index (χ3n) is 3.40. The van der Waals surface area contributed by atoms with E-state index in [4.69, 9.17) is 9.52 Å². The summed E-state index contributed by atoms with van der Waals surface area (Å²) >= 11 is 0. The monoisotopic (exact) mass is 312 g/mol. The second-order valence-electron chi connectivity index (χ2n) is 4.87. The first kappa shape index (κ1) is 16.3. The van der Waals surface area contributed by atoms with Gasteiger partial charge in [0.2, 0.25) is 11.7 Å². The molecule has 0 spiro atoms. The molecule has 1 aromatic carbocycles. The Morgan fingerprint density at radius 3 is 2.48 bits per heavy atom. The van der Waals surface area contributed by atoms with Crippen molar-refractivity contribution in [1.82, 2.24) is 0 Å². The number of rotatable bonds is 6. The first-order valence-electron chi connectivity index (χ1n) is 7.14. The molecular weight excluding hydrogens is 296 g/mol. The molecular formula is C17H16N2O4. The lowest BCUT2D eigenvalue weighted by Crippen LogP contribution is -2.31. The Kier molecular flexibility index (Phi) is 5.15. The summed E-state index contributed by atoms with van der Waals surface area (Å²) in [5.41, 5.74) is 0.752. The normalized spacial score (nSPS) is 11.5. The van der Waals surface area contributed by atoms with E-state index in [1.807, 2.05) is 43.3 Å². The highest BCUT2D eigenvalue weighted by molar-refractivity contribution is 5.94. The van der Waals surface area contributed by atoms with Gasteiger partial charge in [0, 0.05) is 12.2 Å². The average Bonchev–Trinajstić information content (AvgIpc) is 3.04. The molecule has 0 aliphatic rings. The molecule has 0 aliphatic carbocycles. The molecule has 1 aromatic heterocycles. The number of hydrogen-bond donors (Lipinski definition) is 1. The number of carboxylic acid groups (broad SMARTS) is 1. The Balaban J connectivity index is 2.15. The zero-order valence-electron chi connectivity index (χ0n) is 12.6. The number of hydrogen-bond acceptors (Lipinski definition) is 4. The quantitative estimate of drug-likeness (QED) is 0.884. The number of benzene rings is 1. The summed E-state index contributed by atoms with van der Waals surface area (Å²) in [7, 11) is 0. The van der Waals surface area contributed by atoms with Crippen LogP contribution in [0.15, 0.2) is 46.9 Å². The van der Waals surface area contributed by atoms with Gasteiger partial charge in [-0.25, -0.2) is 4.79 Å². The Morgan fingerprint density at radius 2 is 1.96 bits per heavy atom. The van der Waals surface area contributed by atoms with Gasteiger partial charge in [-0.3, -0.25) is 4.79 Å². The summed E-state index contributed by atoms with van der Waals surface area (Å²) in [6.07, 6.45) is -0.0776. The van der Waals surface area contributed by atoms with E-state index in [0.29, 0.717) is 6.54 Å².